The molecule has 5 aromatic rings. The third-order valence-electron chi connectivity index (χ3n) is 4.91. The molecule has 0 saturated heterocycles. The standard InChI is InChI=1S/C22H16ClN7O2S/c1-32-21-24-9-14(10-25-21)18(31)8-12-3-2-4-13(7-12)20-28-22(33-30-20)27-17-6-5-16-15(19(17)23)11-26-29-16/h2-7,9-11H,8H2,1H3,(H,26,29)(H,27,28,30). The van der Waals surface area contributed by atoms with Gasteiger partial charge in [-0.15, -0.1) is 0 Å². The number of nitrogens with one attached hydrogen (secondary N) is 2. The number of hydrogen-bond acceptors (Lipinski definition) is 9. The summed E-state index contributed by atoms with van der Waals surface area (Å²) >= 11 is 7.71. The van der Waals surface area contributed by atoms with Crippen molar-refractivity contribution in [2.24, 2.45) is 0 Å². The summed E-state index contributed by atoms with van der Waals surface area (Å²) in [6.45, 7) is 0. The first-order valence-corrected chi connectivity index (χ1v) is 11.0. The second-order valence-electron chi connectivity index (χ2n) is 7.07. The fraction of sp³-hybridized carbons (Fsp3) is 0.0909. The van der Waals surface area contributed by atoms with Crippen LogP contribution in [0.2, 0.25) is 5.02 Å². The Hall–Kier alpha value is -3.89. The van der Waals surface area contributed by atoms with Crippen LogP contribution in [0.15, 0.2) is 55.0 Å². The minimum Gasteiger partial charge on any atom is -0.467 e. The zero-order chi connectivity index (χ0) is 22.8. The van der Waals surface area contributed by atoms with E-state index in [0.29, 0.717) is 27.2 Å². The van der Waals surface area contributed by atoms with Crippen LogP contribution in [0, 0.1) is 0 Å². The quantitative estimate of drug-likeness (QED) is 0.324. The van der Waals surface area contributed by atoms with Gasteiger partial charge >= 0.3 is 6.01 Å². The molecule has 2 aromatic carbocycles. The van der Waals surface area contributed by atoms with Gasteiger partial charge in [-0.05, 0) is 23.8 Å². The van der Waals surface area contributed by atoms with E-state index in [2.05, 4.69) is 34.8 Å². The van der Waals surface area contributed by atoms with E-state index in [0.717, 1.165) is 22.0 Å². The van der Waals surface area contributed by atoms with Gasteiger partial charge in [0.15, 0.2) is 11.6 Å². The molecule has 0 fully saturated rings. The van der Waals surface area contributed by atoms with Gasteiger partial charge < -0.3 is 10.1 Å². The zero-order valence-electron chi connectivity index (χ0n) is 17.2. The van der Waals surface area contributed by atoms with Gasteiger partial charge in [0.1, 0.15) is 0 Å². The number of H-pyrrole nitrogens is 1. The van der Waals surface area contributed by atoms with Gasteiger partial charge in [0.25, 0.3) is 0 Å². The normalized spacial score (nSPS) is 11.0. The van der Waals surface area contributed by atoms with Gasteiger partial charge in [-0.2, -0.15) is 14.5 Å². The molecule has 9 nitrogen and oxygen atoms in total. The average Bonchev–Trinajstić information content (AvgIpc) is 3.51. The van der Waals surface area contributed by atoms with Gasteiger partial charge in [0.2, 0.25) is 5.13 Å². The highest BCUT2D eigenvalue weighted by Gasteiger charge is 2.13. The van der Waals surface area contributed by atoms with Crippen molar-refractivity contribution in [2.75, 3.05) is 12.4 Å². The van der Waals surface area contributed by atoms with Gasteiger partial charge in [-0.3, -0.25) is 9.89 Å². The number of aromatic amines is 1. The zero-order valence-corrected chi connectivity index (χ0v) is 18.8. The van der Waals surface area contributed by atoms with Crippen molar-refractivity contribution < 1.29 is 9.53 Å². The fourth-order valence-electron chi connectivity index (χ4n) is 3.26. The largest absolute Gasteiger partial charge is 0.467 e. The summed E-state index contributed by atoms with van der Waals surface area (Å²) in [5.74, 6) is 0.470. The highest BCUT2D eigenvalue weighted by molar-refractivity contribution is 7.10. The third-order valence-corrected chi connectivity index (χ3v) is 5.95. The van der Waals surface area contributed by atoms with Crippen LogP contribution in [0.4, 0.5) is 10.8 Å². The molecule has 164 valence electrons. The molecule has 0 radical (unpaired) electrons. The summed E-state index contributed by atoms with van der Waals surface area (Å²) in [5, 5.41) is 12.1. The van der Waals surface area contributed by atoms with Crippen LogP contribution in [0.25, 0.3) is 22.3 Å². The van der Waals surface area contributed by atoms with Crippen molar-refractivity contribution in [1.82, 2.24) is 29.5 Å². The number of nitrogens with zero attached hydrogens (tertiary/aromatic N) is 5. The molecule has 0 saturated carbocycles. The van der Waals surface area contributed by atoms with Crippen molar-refractivity contribution in [1.29, 1.82) is 0 Å². The van der Waals surface area contributed by atoms with E-state index >= 15 is 0 Å². The number of ketones is 1. The second kappa shape index (κ2) is 8.93. The van der Waals surface area contributed by atoms with E-state index in [4.69, 9.17) is 16.3 Å². The highest BCUT2D eigenvalue weighted by atomic mass is 35.5. The van der Waals surface area contributed by atoms with Crippen LogP contribution in [-0.2, 0) is 6.42 Å². The summed E-state index contributed by atoms with van der Waals surface area (Å²) in [6, 6.07) is 11.5. The molecular weight excluding hydrogens is 462 g/mol. The lowest BCUT2D eigenvalue weighted by Gasteiger charge is -2.05. The molecule has 0 unspecified atom stereocenters. The van der Waals surface area contributed by atoms with Crippen LogP contribution >= 0.6 is 23.1 Å². The molecule has 0 atom stereocenters. The maximum atomic E-state index is 12.6. The molecule has 0 aliphatic heterocycles. The minimum atomic E-state index is -0.0901. The Kier molecular flexibility index (Phi) is 5.68. The number of aromatic nitrogens is 6. The molecule has 2 N–H and O–H groups in total. The van der Waals surface area contributed by atoms with Crippen LogP contribution < -0.4 is 10.1 Å². The lowest BCUT2D eigenvalue weighted by molar-refractivity contribution is 0.0992. The molecule has 3 aromatic heterocycles. The summed E-state index contributed by atoms with van der Waals surface area (Å²) in [7, 11) is 1.47. The number of hydrogen-bond donors (Lipinski definition) is 2. The summed E-state index contributed by atoms with van der Waals surface area (Å²) in [6.07, 6.45) is 4.81. The van der Waals surface area contributed by atoms with Crippen LogP contribution in [0.5, 0.6) is 6.01 Å². The number of carbonyl (C=O) groups is 1. The Morgan fingerprint density at radius 1 is 1.18 bits per heavy atom. The molecule has 0 bridgehead atoms. The molecule has 33 heavy (non-hydrogen) atoms. The number of ether oxygens (including phenoxy) is 1. The number of Topliss-reactive ketones (excluding diaryl/α,β-unsaturated/α-hetero) is 1. The van der Waals surface area contributed by atoms with Gasteiger partial charge in [0, 0.05) is 41.3 Å². The Morgan fingerprint density at radius 2 is 2.03 bits per heavy atom. The van der Waals surface area contributed by atoms with E-state index in [1.807, 2.05) is 36.4 Å². The van der Waals surface area contributed by atoms with Crippen LogP contribution in [-0.4, -0.2) is 42.4 Å². The lowest BCUT2D eigenvalue weighted by Crippen LogP contribution is -2.05. The highest BCUT2D eigenvalue weighted by Crippen LogP contribution is 2.33. The Balaban J connectivity index is 1.32. The molecule has 0 amide bonds. The van der Waals surface area contributed by atoms with E-state index in [-0.39, 0.29) is 18.2 Å². The fourth-order valence-corrected chi connectivity index (χ4v) is 4.12. The van der Waals surface area contributed by atoms with Crippen molar-refractivity contribution >= 4 is 50.6 Å². The summed E-state index contributed by atoms with van der Waals surface area (Å²) < 4.78 is 9.38. The third kappa shape index (κ3) is 4.38. The van der Waals surface area contributed by atoms with Crippen molar-refractivity contribution in [2.45, 2.75) is 6.42 Å². The van der Waals surface area contributed by atoms with Crippen molar-refractivity contribution in [3.63, 3.8) is 0 Å². The number of rotatable bonds is 7. The number of methoxy groups -OCH3 is 1. The number of carbonyl (C=O) groups excluding carboxylic acids is 1. The summed E-state index contributed by atoms with van der Waals surface area (Å²) in [5.41, 5.74) is 3.65. The predicted molar refractivity (Wildman–Crippen MR) is 126 cm³/mol. The van der Waals surface area contributed by atoms with E-state index in [1.54, 1.807) is 6.20 Å². The molecule has 3 heterocycles. The molecular formula is C22H16ClN7O2S. The van der Waals surface area contributed by atoms with Gasteiger partial charge in [-0.25, -0.2) is 9.97 Å². The minimum absolute atomic E-state index is 0.0901. The molecule has 0 aliphatic carbocycles. The molecule has 0 aliphatic rings. The number of fused-ring (bicyclic) bond motifs is 1. The molecule has 0 spiro atoms. The van der Waals surface area contributed by atoms with Crippen molar-refractivity contribution in [3.05, 3.63) is 71.1 Å². The van der Waals surface area contributed by atoms with Gasteiger partial charge in [-0.1, -0.05) is 29.8 Å². The SMILES string of the molecule is COc1ncc(C(=O)Cc2cccc(-c3nsc(Nc4ccc5[nH]ncc5c4Cl)n3)c2)cn1. The Labute approximate surface area is 197 Å². The first kappa shape index (κ1) is 21.0. The molecule has 5 rings (SSSR count). The first-order valence-electron chi connectivity index (χ1n) is 9.81. The first-order chi connectivity index (χ1) is 16.1. The summed E-state index contributed by atoms with van der Waals surface area (Å²) in [4.78, 5) is 25.1. The van der Waals surface area contributed by atoms with Gasteiger partial charge in [0.05, 0.1) is 35.1 Å². The monoisotopic (exact) mass is 477 g/mol. The number of halogens is 1. The van der Waals surface area contributed by atoms with E-state index in [9.17, 15) is 4.79 Å². The smallest absolute Gasteiger partial charge is 0.316 e. The number of benzene rings is 2. The van der Waals surface area contributed by atoms with E-state index in [1.165, 1.54) is 31.0 Å². The second-order valence-corrected chi connectivity index (χ2v) is 8.20. The Morgan fingerprint density at radius 3 is 2.85 bits per heavy atom. The van der Waals surface area contributed by atoms with Crippen LogP contribution in [0.1, 0.15) is 15.9 Å². The maximum absolute atomic E-state index is 12.6. The van der Waals surface area contributed by atoms with E-state index < -0.39 is 0 Å². The number of anilines is 2. The van der Waals surface area contributed by atoms with Crippen molar-refractivity contribution in [3.8, 4) is 17.4 Å². The average molecular weight is 478 g/mol. The maximum Gasteiger partial charge on any atom is 0.316 e. The molecule has 11 heteroatoms. The lowest BCUT2D eigenvalue weighted by atomic mass is 10.0. The van der Waals surface area contributed by atoms with Crippen LogP contribution in [0.3, 0.4) is 0 Å². The Bertz CT molecular complexity index is 1450. The predicted octanol–water partition coefficient (Wildman–Crippen LogP) is 4.70. The topological polar surface area (TPSA) is 119 Å².